The first-order chi connectivity index (χ1) is 15.1. The maximum Gasteiger partial charge on any atom is 0.407 e. The maximum atomic E-state index is 15.1. The molecule has 1 aliphatic heterocycles. The van der Waals surface area contributed by atoms with Crippen LogP contribution < -0.4 is 15.0 Å². The third-order valence-electron chi connectivity index (χ3n) is 5.49. The number of benzene rings is 1. The van der Waals surface area contributed by atoms with E-state index in [1.165, 1.54) is 11.8 Å². The van der Waals surface area contributed by atoms with Crippen LogP contribution >= 0.6 is 39.3 Å². The first-order valence-corrected chi connectivity index (χ1v) is 12.8. The van der Waals surface area contributed by atoms with Crippen LogP contribution in [0.3, 0.4) is 0 Å². The fourth-order valence-corrected chi connectivity index (χ4v) is 5.15. The summed E-state index contributed by atoms with van der Waals surface area (Å²) in [5.41, 5.74) is -0.370. The first-order valence-electron chi connectivity index (χ1n) is 10.4. The highest BCUT2D eigenvalue weighted by Gasteiger charge is 2.36. The summed E-state index contributed by atoms with van der Waals surface area (Å²) in [4.78, 5) is 23.5. The second-order valence-corrected chi connectivity index (χ2v) is 10.8. The number of nitrogens with one attached hydrogen (secondary N) is 1. The van der Waals surface area contributed by atoms with Gasteiger partial charge in [0.05, 0.1) is 16.4 Å². The molecular formula is C21H25BrClFN4O3S. The molecule has 0 bridgehead atoms. The molecule has 2 aromatic rings. The minimum absolute atomic E-state index is 0.0129. The van der Waals surface area contributed by atoms with Gasteiger partial charge in [-0.1, -0.05) is 23.4 Å². The van der Waals surface area contributed by atoms with Crippen LogP contribution in [0.5, 0.6) is 5.75 Å². The second kappa shape index (κ2) is 9.02. The van der Waals surface area contributed by atoms with Gasteiger partial charge in [0.2, 0.25) is 0 Å². The van der Waals surface area contributed by atoms with Gasteiger partial charge in [-0.05, 0) is 62.2 Å². The Labute approximate surface area is 203 Å². The topological polar surface area (TPSA) is 76.6 Å². The predicted molar refractivity (Wildman–Crippen MR) is 128 cm³/mol. The third kappa shape index (κ3) is 4.59. The summed E-state index contributed by atoms with van der Waals surface area (Å²) in [7, 11) is 0. The molecule has 2 atom stereocenters. The zero-order valence-electron chi connectivity index (χ0n) is 18.3. The lowest BCUT2D eigenvalue weighted by molar-refractivity contribution is 0.0505. The van der Waals surface area contributed by atoms with Crippen LogP contribution in [0, 0.1) is 5.82 Å². The third-order valence-corrected chi connectivity index (χ3v) is 7.37. The van der Waals surface area contributed by atoms with Crippen LogP contribution in [-0.2, 0) is 4.74 Å². The summed E-state index contributed by atoms with van der Waals surface area (Å²) in [6, 6.07) is 0.0869. The predicted octanol–water partition coefficient (Wildman–Crippen LogP) is 5.55. The van der Waals surface area contributed by atoms with Crippen LogP contribution in [0.4, 0.5) is 15.0 Å². The summed E-state index contributed by atoms with van der Waals surface area (Å²) in [5, 5.41) is 4.10. The number of carbonyl (C=O) groups is 1. The molecule has 0 radical (unpaired) electrons. The molecule has 2 aliphatic rings. The largest absolute Gasteiger partial charge is 0.489 e. The van der Waals surface area contributed by atoms with Crippen LogP contribution in [0.2, 0.25) is 5.02 Å². The highest BCUT2D eigenvalue weighted by atomic mass is 79.9. The minimum Gasteiger partial charge on any atom is -0.489 e. The van der Waals surface area contributed by atoms with E-state index in [-0.39, 0.29) is 27.1 Å². The molecule has 1 saturated carbocycles. The fraction of sp³-hybridized carbons (Fsp3) is 0.571. The number of hydrogen-bond donors (Lipinski definition) is 1. The summed E-state index contributed by atoms with van der Waals surface area (Å²) >= 11 is 11.0. The van der Waals surface area contributed by atoms with Gasteiger partial charge in [-0.3, -0.25) is 0 Å². The van der Waals surface area contributed by atoms with Crippen molar-refractivity contribution < 1.29 is 18.7 Å². The van der Waals surface area contributed by atoms with Crippen molar-refractivity contribution in [2.75, 3.05) is 24.3 Å². The van der Waals surface area contributed by atoms with E-state index < -0.39 is 17.5 Å². The SMILES string of the molecule is CSc1nc2c3c(c(Cl)c(Br)c(F)c3n1)OCCN2C1CCC(NC(=O)OC(C)(C)C)C1. The first kappa shape index (κ1) is 23.6. The molecule has 1 fully saturated rings. The number of aromatic nitrogens is 2. The molecular weight excluding hydrogens is 523 g/mol. The highest BCUT2D eigenvalue weighted by Crippen LogP contribution is 2.47. The normalized spacial score (nSPS) is 20.8. The Kier molecular flexibility index (Phi) is 6.66. The van der Waals surface area contributed by atoms with Crippen molar-refractivity contribution in [1.29, 1.82) is 0 Å². The Morgan fingerprint density at radius 2 is 2.12 bits per heavy atom. The van der Waals surface area contributed by atoms with E-state index in [0.717, 1.165) is 19.3 Å². The molecule has 2 heterocycles. The van der Waals surface area contributed by atoms with Gasteiger partial charge in [-0.2, -0.15) is 0 Å². The Morgan fingerprint density at radius 1 is 1.38 bits per heavy atom. The summed E-state index contributed by atoms with van der Waals surface area (Å²) < 4.78 is 26.6. The zero-order valence-corrected chi connectivity index (χ0v) is 21.5. The molecule has 4 rings (SSSR count). The molecule has 1 N–H and O–H groups in total. The molecule has 1 aromatic heterocycles. The number of carbonyl (C=O) groups excluding carboxylic acids is 1. The van der Waals surface area contributed by atoms with Crippen molar-refractivity contribution in [3.8, 4) is 5.75 Å². The number of rotatable bonds is 3. The van der Waals surface area contributed by atoms with E-state index in [9.17, 15) is 4.79 Å². The standard InChI is InChI=1S/C21H25BrClFN4O3S/c1-21(2,3)31-20(29)25-10-5-6-11(9-10)28-7-8-30-17-12-16(15(24)13(22)14(17)23)26-19(32-4)27-18(12)28/h10-11H,5-9H2,1-4H3,(H,25,29). The lowest BCUT2D eigenvalue weighted by atomic mass is 10.1. The number of ether oxygens (including phenoxy) is 2. The molecule has 1 amide bonds. The van der Waals surface area contributed by atoms with Crippen LogP contribution in [0.15, 0.2) is 9.63 Å². The maximum absolute atomic E-state index is 15.1. The minimum atomic E-state index is -0.549. The number of alkyl carbamates (subject to hydrolysis) is 1. The molecule has 0 spiro atoms. The van der Waals surface area contributed by atoms with Gasteiger partial charge in [0, 0.05) is 12.1 Å². The van der Waals surface area contributed by atoms with Crippen LogP contribution in [0.1, 0.15) is 40.0 Å². The Balaban J connectivity index is 1.67. The Morgan fingerprint density at radius 3 is 2.81 bits per heavy atom. The van der Waals surface area contributed by atoms with Gasteiger partial charge in [-0.25, -0.2) is 19.2 Å². The number of thioether (sulfide) groups is 1. The molecule has 11 heteroatoms. The van der Waals surface area contributed by atoms with Gasteiger partial charge >= 0.3 is 6.09 Å². The molecule has 0 saturated heterocycles. The average molecular weight is 548 g/mol. The van der Waals surface area contributed by atoms with Crippen molar-refractivity contribution in [3.05, 3.63) is 15.3 Å². The second-order valence-electron chi connectivity index (χ2n) is 8.88. The number of amides is 1. The molecule has 2 unspecified atom stereocenters. The van der Waals surface area contributed by atoms with Gasteiger partial charge in [-0.15, -0.1) is 0 Å². The van der Waals surface area contributed by atoms with Crippen molar-refractivity contribution >= 4 is 62.1 Å². The van der Waals surface area contributed by atoms with E-state index in [1.807, 2.05) is 27.0 Å². The Bertz CT molecular complexity index is 1070. The van der Waals surface area contributed by atoms with E-state index in [2.05, 4.69) is 31.1 Å². The fourth-order valence-electron chi connectivity index (χ4n) is 4.19. The summed E-state index contributed by atoms with van der Waals surface area (Å²) in [6.45, 7) is 6.45. The quantitative estimate of drug-likeness (QED) is 0.307. The van der Waals surface area contributed by atoms with Crippen molar-refractivity contribution in [2.24, 2.45) is 0 Å². The van der Waals surface area contributed by atoms with Gasteiger partial charge in [0.25, 0.3) is 0 Å². The summed E-state index contributed by atoms with van der Waals surface area (Å²) in [6.07, 6.45) is 3.82. The molecule has 7 nitrogen and oxygen atoms in total. The van der Waals surface area contributed by atoms with Crippen LogP contribution in [0.25, 0.3) is 10.9 Å². The van der Waals surface area contributed by atoms with Crippen LogP contribution in [-0.4, -0.2) is 53.2 Å². The highest BCUT2D eigenvalue weighted by molar-refractivity contribution is 9.10. The van der Waals surface area contributed by atoms with Gasteiger partial charge < -0.3 is 19.7 Å². The lowest BCUT2D eigenvalue weighted by Crippen LogP contribution is -2.41. The molecule has 1 aliphatic carbocycles. The van der Waals surface area contributed by atoms with Gasteiger partial charge in [0.15, 0.2) is 16.7 Å². The number of halogens is 3. The lowest BCUT2D eigenvalue weighted by Gasteiger charge is -2.29. The van der Waals surface area contributed by atoms with E-state index in [1.54, 1.807) is 0 Å². The smallest absolute Gasteiger partial charge is 0.407 e. The molecule has 32 heavy (non-hydrogen) atoms. The molecule has 174 valence electrons. The summed E-state index contributed by atoms with van der Waals surface area (Å²) in [5.74, 6) is 0.471. The monoisotopic (exact) mass is 546 g/mol. The number of nitrogens with zero attached hydrogens (tertiary/aromatic N) is 3. The van der Waals surface area contributed by atoms with Crippen molar-refractivity contribution in [3.63, 3.8) is 0 Å². The Hall–Kier alpha value is -1.52. The number of hydrogen-bond acceptors (Lipinski definition) is 7. The van der Waals surface area contributed by atoms with E-state index in [0.29, 0.717) is 35.3 Å². The molecule has 1 aromatic carbocycles. The van der Waals surface area contributed by atoms with Gasteiger partial charge in [0.1, 0.15) is 28.6 Å². The van der Waals surface area contributed by atoms with Crippen molar-refractivity contribution in [1.82, 2.24) is 15.3 Å². The van der Waals surface area contributed by atoms with E-state index >= 15 is 4.39 Å². The van der Waals surface area contributed by atoms with E-state index in [4.69, 9.17) is 26.1 Å². The number of anilines is 1. The van der Waals surface area contributed by atoms with Crippen molar-refractivity contribution in [2.45, 2.75) is 62.9 Å². The zero-order chi connectivity index (χ0) is 23.2. The average Bonchev–Trinajstić information content (AvgIpc) is 3.08.